The topological polar surface area (TPSA) is 52.0 Å². The number of aromatic nitrogens is 2. The number of rotatable bonds is 4. The van der Waals surface area contributed by atoms with E-state index in [2.05, 4.69) is 4.98 Å². The van der Waals surface area contributed by atoms with Crippen LogP contribution in [0.2, 0.25) is 0 Å². The Balaban J connectivity index is 2.12. The van der Waals surface area contributed by atoms with Crippen LogP contribution in [-0.2, 0) is 17.8 Å². The lowest BCUT2D eigenvalue weighted by molar-refractivity contribution is -0.119. The largest absolute Gasteiger partial charge is 0.347 e. The molecule has 5 heteroatoms. The van der Waals surface area contributed by atoms with Crippen molar-refractivity contribution in [2.45, 2.75) is 19.9 Å². The van der Waals surface area contributed by atoms with Crippen LogP contribution in [-0.4, -0.2) is 15.3 Å². The molecule has 0 spiro atoms. The zero-order chi connectivity index (χ0) is 13.8. The Bertz CT molecular complexity index is 664. The van der Waals surface area contributed by atoms with Crippen molar-refractivity contribution in [1.29, 1.82) is 0 Å². The predicted molar refractivity (Wildman–Crippen MR) is 68.3 cm³/mol. The number of carbonyl (C=O) groups is 1. The molecule has 0 N–H and O–H groups in total. The first-order valence-corrected chi connectivity index (χ1v) is 5.84. The molecule has 0 amide bonds. The van der Waals surface area contributed by atoms with Crippen molar-refractivity contribution in [3.63, 3.8) is 0 Å². The van der Waals surface area contributed by atoms with Gasteiger partial charge in [-0.05, 0) is 24.1 Å². The lowest BCUT2D eigenvalue weighted by atomic mass is 10.1. The van der Waals surface area contributed by atoms with Crippen LogP contribution in [0.3, 0.4) is 0 Å². The van der Waals surface area contributed by atoms with E-state index in [1.54, 1.807) is 31.3 Å². The Morgan fingerprint density at radius 2 is 2.11 bits per heavy atom. The summed E-state index contributed by atoms with van der Waals surface area (Å²) in [6, 6.07) is 6.11. The standard InChI is InChI=1S/C14H13FN2O2/c1-10-7-16-14(19)17(8-10)9-12(18)6-11-4-2-3-5-13(11)15/h2-5,7-8H,6,9H2,1H3. The van der Waals surface area contributed by atoms with Crippen molar-refractivity contribution in [3.8, 4) is 0 Å². The van der Waals surface area contributed by atoms with Crippen molar-refractivity contribution < 1.29 is 9.18 Å². The van der Waals surface area contributed by atoms with Gasteiger partial charge in [0.2, 0.25) is 0 Å². The summed E-state index contributed by atoms with van der Waals surface area (Å²) in [5.74, 6) is -0.648. The molecule has 98 valence electrons. The first kappa shape index (κ1) is 13.1. The molecule has 19 heavy (non-hydrogen) atoms. The van der Waals surface area contributed by atoms with E-state index in [9.17, 15) is 14.0 Å². The maximum absolute atomic E-state index is 13.4. The molecule has 2 rings (SSSR count). The first-order valence-electron chi connectivity index (χ1n) is 5.84. The van der Waals surface area contributed by atoms with Crippen molar-refractivity contribution in [1.82, 2.24) is 9.55 Å². The summed E-state index contributed by atoms with van der Waals surface area (Å²) in [6.07, 6.45) is 2.97. The second-order valence-electron chi connectivity index (χ2n) is 4.35. The van der Waals surface area contributed by atoms with E-state index in [0.29, 0.717) is 5.56 Å². The van der Waals surface area contributed by atoms with Crippen LogP contribution < -0.4 is 5.69 Å². The molecule has 0 saturated heterocycles. The van der Waals surface area contributed by atoms with Crippen molar-refractivity contribution in [3.05, 3.63) is 64.1 Å². The highest BCUT2D eigenvalue weighted by Gasteiger charge is 2.09. The summed E-state index contributed by atoms with van der Waals surface area (Å²) < 4.78 is 14.6. The Hall–Kier alpha value is -2.30. The molecule has 0 atom stereocenters. The molecule has 4 nitrogen and oxygen atoms in total. The maximum atomic E-state index is 13.4. The summed E-state index contributed by atoms with van der Waals surface area (Å²) in [7, 11) is 0. The van der Waals surface area contributed by atoms with Gasteiger partial charge in [-0.3, -0.25) is 9.36 Å². The van der Waals surface area contributed by atoms with Crippen LogP contribution >= 0.6 is 0 Å². The minimum absolute atomic E-state index is 0.0347. The van der Waals surface area contributed by atoms with E-state index in [1.165, 1.54) is 16.8 Å². The number of hydrogen-bond acceptors (Lipinski definition) is 3. The van der Waals surface area contributed by atoms with E-state index in [4.69, 9.17) is 0 Å². The van der Waals surface area contributed by atoms with Gasteiger partial charge in [-0.25, -0.2) is 14.2 Å². The Morgan fingerprint density at radius 1 is 1.37 bits per heavy atom. The first-order chi connectivity index (χ1) is 9.06. The summed E-state index contributed by atoms with van der Waals surface area (Å²) in [4.78, 5) is 26.9. The Morgan fingerprint density at radius 3 is 2.84 bits per heavy atom. The van der Waals surface area contributed by atoms with Crippen LogP contribution in [0.15, 0.2) is 41.5 Å². The third-order valence-electron chi connectivity index (χ3n) is 2.68. The van der Waals surface area contributed by atoms with Crippen molar-refractivity contribution in [2.24, 2.45) is 0 Å². The summed E-state index contributed by atoms with van der Waals surface area (Å²) in [6.45, 7) is 1.69. The normalized spacial score (nSPS) is 10.4. The SMILES string of the molecule is Cc1cnc(=O)n(CC(=O)Cc2ccccc2F)c1. The van der Waals surface area contributed by atoms with Gasteiger partial charge >= 0.3 is 5.69 Å². The van der Waals surface area contributed by atoms with Gasteiger partial charge in [0.25, 0.3) is 0 Å². The van der Waals surface area contributed by atoms with Gasteiger partial charge in [0.05, 0.1) is 6.54 Å². The number of carbonyl (C=O) groups excluding carboxylic acids is 1. The molecule has 0 radical (unpaired) electrons. The second-order valence-corrected chi connectivity index (χ2v) is 4.35. The Kier molecular flexibility index (Phi) is 3.85. The molecule has 0 saturated carbocycles. The maximum Gasteiger partial charge on any atom is 0.347 e. The number of halogens is 1. The number of nitrogens with zero attached hydrogens (tertiary/aromatic N) is 2. The highest BCUT2D eigenvalue weighted by atomic mass is 19.1. The van der Waals surface area contributed by atoms with Gasteiger partial charge in [-0.15, -0.1) is 0 Å². The smallest absolute Gasteiger partial charge is 0.297 e. The zero-order valence-corrected chi connectivity index (χ0v) is 10.5. The molecule has 1 aromatic carbocycles. The van der Waals surface area contributed by atoms with Gasteiger partial charge in [-0.2, -0.15) is 0 Å². The van der Waals surface area contributed by atoms with Crippen molar-refractivity contribution in [2.75, 3.05) is 0 Å². The third kappa shape index (κ3) is 3.34. The van der Waals surface area contributed by atoms with E-state index in [-0.39, 0.29) is 18.7 Å². The molecule has 0 aliphatic rings. The quantitative estimate of drug-likeness (QED) is 0.837. The van der Waals surface area contributed by atoms with E-state index in [0.717, 1.165) is 5.56 Å². The monoisotopic (exact) mass is 260 g/mol. The van der Waals surface area contributed by atoms with Gasteiger partial charge in [0.1, 0.15) is 5.82 Å². The molecule has 0 bridgehead atoms. The van der Waals surface area contributed by atoms with Crippen LogP contribution in [0.25, 0.3) is 0 Å². The molecule has 0 fully saturated rings. The van der Waals surface area contributed by atoms with E-state index < -0.39 is 11.5 Å². The lowest BCUT2D eigenvalue weighted by Crippen LogP contribution is -2.26. The summed E-state index contributed by atoms with van der Waals surface area (Å²) in [5.41, 5.74) is 0.645. The highest BCUT2D eigenvalue weighted by molar-refractivity contribution is 5.80. The molecule has 0 aliphatic heterocycles. The fourth-order valence-electron chi connectivity index (χ4n) is 1.78. The molecule has 0 unspecified atom stereocenters. The predicted octanol–water partition coefficient (Wildman–Crippen LogP) is 1.50. The molecule has 1 heterocycles. The summed E-state index contributed by atoms with van der Waals surface area (Å²) >= 11 is 0. The fourth-order valence-corrected chi connectivity index (χ4v) is 1.78. The highest BCUT2D eigenvalue weighted by Crippen LogP contribution is 2.07. The van der Waals surface area contributed by atoms with Gasteiger partial charge in [0.15, 0.2) is 5.78 Å². The number of ketones is 1. The van der Waals surface area contributed by atoms with Crippen LogP contribution in [0.5, 0.6) is 0 Å². The third-order valence-corrected chi connectivity index (χ3v) is 2.68. The molecular formula is C14H13FN2O2. The van der Waals surface area contributed by atoms with Crippen LogP contribution in [0.1, 0.15) is 11.1 Å². The minimum atomic E-state index is -0.479. The second kappa shape index (κ2) is 5.56. The van der Waals surface area contributed by atoms with Crippen LogP contribution in [0.4, 0.5) is 4.39 Å². The molecule has 0 aliphatic carbocycles. The number of aryl methyl sites for hydroxylation is 1. The van der Waals surface area contributed by atoms with E-state index in [1.807, 2.05) is 0 Å². The minimum Gasteiger partial charge on any atom is -0.297 e. The fraction of sp³-hybridized carbons (Fsp3) is 0.214. The number of benzene rings is 1. The van der Waals surface area contributed by atoms with Gasteiger partial charge in [-0.1, -0.05) is 18.2 Å². The van der Waals surface area contributed by atoms with Crippen LogP contribution in [0, 0.1) is 12.7 Å². The van der Waals surface area contributed by atoms with Crippen molar-refractivity contribution >= 4 is 5.78 Å². The number of Topliss-reactive ketones (excluding diaryl/α,β-unsaturated/α-hetero) is 1. The lowest BCUT2D eigenvalue weighted by Gasteiger charge is -2.05. The van der Waals surface area contributed by atoms with Gasteiger partial charge in [0, 0.05) is 18.8 Å². The van der Waals surface area contributed by atoms with Gasteiger partial charge < -0.3 is 0 Å². The molecular weight excluding hydrogens is 247 g/mol. The average molecular weight is 260 g/mol. The zero-order valence-electron chi connectivity index (χ0n) is 10.5. The summed E-state index contributed by atoms with van der Waals surface area (Å²) in [5, 5.41) is 0. The average Bonchev–Trinajstić information content (AvgIpc) is 2.37. The van der Waals surface area contributed by atoms with E-state index >= 15 is 0 Å². The number of hydrogen-bond donors (Lipinski definition) is 0. The Labute approximate surface area is 109 Å². The molecule has 2 aromatic rings. The molecule has 1 aromatic heterocycles.